The van der Waals surface area contributed by atoms with Crippen LogP contribution in [0.4, 0.5) is 0 Å². The van der Waals surface area contributed by atoms with Gasteiger partial charge in [0, 0.05) is 12.6 Å². The normalized spacial score (nSPS) is 11.4. The van der Waals surface area contributed by atoms with Crippen LogP contribution in [0.1, 0.15) is 56.5 Å². The molecule has 8 heteroatoms. The highest BCUT2D eigenvalue weighted by Crippen LogP contribution is 2.28. The summed E-state index contributed by atoms with van der Waals surface area (Å²) in [7, 11) is 1.50. The Kier molecular flexibility index (Phi) is 7.39. The lowest BCUT2D eigenvalue weighted by Crippen LogP contribution is -2.37. The van der Waals surface area contributed by atoms with E-state index in [4.69, 9.17) is 4.74 Å². The Morgan fingerprint density at radius 3 is 2.41 bits per heavy atom. The van der Waals surface area contributed by atoms with Crippen molar-refractivity contribution in [2.75, 3.05) is 6.54 Å². The van der Waals surface area contributed by atoms with Gasteiger partial charge in [-0.15, -0.1) is 0 Å². The number of aryl methyl sites for hydroxylation is 2. The molecule has 0 unspecified atom stereocenters. The number of fused-ring (bicyclic) bond motifs is 1. The molecule has 0 saturated carbocycles. The zero-order valence-corrected chi connectivity index (χ0v) is 20.3. The summed E-state index contributed by atoms with van der Waals surface area (Å²) in [5, 5.41) is 13.2. The number of rotatable bonds is 7. The van der Waals surface area contributed by atoms with E-state index >= 15 is 0 Å². The van der Waals surface area contributed by atoms with Crippen LogP contribution in [0.25, 0.3) is 22.3 Å². The number of esters is 1. The number of ether oxygens (including phenoxy) is 1. The Morgan fingerprint density at radius 2 is 1.79 bits per heavy atom. The van der Waals surface area contributed by atoms with Gasteiger partial charge in [-0.05, 0) is 51.3 Å². The Hall–Kier alpha value is -3.68. The lowest BCUT2D eigenvalue weighted by Gasteiger charge is -2.19. The molecule has 0 fully saturated rings. The molecule has 34 heavy (non-hydrogen) atoms. The minimum absolute atomic E-state index is 0.122. The van der Waals surface area contributed by atoms with Crippen LogP contribution in [0.5, 0.6) is 5.75 Å². The Balaban J connectivity index is 1.94. The fraction of sp³-hybridized carbons (Fsp3) is 0.385. The van der Waals surface area contributed by atoms with Crippen molar-refractivity contribution >= 4 is 22.9 Å². The van der Waals surface area contributed by atoms with Crippen molar-refractivity contribution < 1.29 is 19.4 Å². The highest BCUT2D eigenvalue weighted by Gasteiger charge is 2.24. The average Bonchev–Trinajstić information content (AvgIpc) is 2.79. The summed E-state index contributed by atoms with van der Waals surface area (Å²) >= 11 is 0. The predicted molar refractivity (Wildman–Crippen MR) is 131 cm³/mol. The number of nitrogens with zero attached hydrogens (tertiary/aromatic N) is 2. The van der Waals surface area contributed by atoms with Gasteiger partial charge < -0.3 is 19.7 Å². The number of benzene rings is 1. The first-order valence-electron chi connectivity index (χ1n) is 11.3. The smallest absolute Gasteiger partial charge is 0.325 e. The molecule has 2 heterocycles. The first-order valence-corrected chi connectivity index (χ1v) is 11.3. The molecule has 0 atom stereocenters. The van der Waals surface area contributed by atoms with Crippen molar-refractivity contribution in [1.29, 1.82) is 0 Å². The molecule has 2 aromatic heterocycles. The van der Waals surface area contributed by atoms with Crippen molar-refractivity contribution in [3.05, 3.63) is 57.9 Å². The van der Waals surface area contributed by atoms with Crippen molar-refractivity contribution in [2.24, 2.45) is 7.05 Å². The number of aromatic hydroxyl groups is 1. The number of nitrogens with one attached hydrogen (secondary N) is 1. The molecule has 0 aliphatic heterocycles. The van der Waals surface area contributed by atoms with E-state index in [1.165, 1.54) is 17.2 Å². The minimum Gasteiger partial charge on any atom is -0.505 e. The Labute approximate surface area is 198 Å². The number of unbranched alkanes of at least 4 members (excludes halogenated alkanes) is 1. The Bertz CT molecular complexity index is 1270. The van der Waals surface area contributed by atoms with Crippen LogP contribution >= 0.6 is 0 Å². The number of carbonyl (C=O) groups is 2. The second-order valence-electron chi connectivity index (χ2n) is 9.22. The minimum atomic E-state index is -0.877. The number of amides is 1. The fourth-order valence-corrected chi connectivity index (χ4v) is 3.60. The van der Waals surface area contributed by atoms with E-state index in [1.54, 1.807) is 32.9 Å². The van der Waals surface area contributed by atoms with E-state index in [-0.39, 0.29) is 5.52 Å². The third kappa shape index (κ3) is 5.62. The van der Waals surface area contributed by atoms with E-state index in [0.717, 1.165) is 24.8 Å². The van der Waals surface area contributed by atoms with Gasteiger partial charge in [-0.2, -0.15) is 0 Å². The number of pyridine rings is 2. The second-order valence-corrected chi connectivity index (χ2v) is 9.22. The van der Waals surface area contributed by atoms with Gasteiger partial charge in [0.2, 0.25) is 0 Å². The quantitative estimate of drug-likeness (QED) is 0.515. The van der Waals surface area contributed by atoms with Crippen molar-refractivity contribution in [2.45, 2.75) is 52.6 Å². The third-order valence-corrected chi connectivity index (χ3v) is 5.32. The summed E-state index contributed by atoms with van der Waals surface area (Å²) in [4.78, 5) is 42.0. The van der Waals surface area contributed by atoms with Crippen molar-refractivity contribution in [3.63, 3.8) is 0 Å². The predicted octanol–water partition coefficient (Wildman–Crippen LogP) is 3.72. The number of hydrogen-bond acceptors (Lipinski definition) is 6. The maximum Gasteiger partial charge on any atom is 0.325 e. The lowest BCUT2D eigenvalue weighted by atomic mass is 10.0. The summed E-state index contributed by atoms with van der Waals surface area (Å²) in [6.45, 7) is 6.84. The van der Waals surface area contributed by atoms with Crippen LogP contribution in [-0.2, 0) is 23.0 Å². The zero-order chi connectivity index (χ0) is 25.0. The number of hydrogen-bond donors (Lipinski definition) is 2. The van der Waals surface area contributed by atoms with Crippen LogP contribution in [0, 0.1) is 0 Å². The number of carbonyl (C=O) groups excluding carboxylic acids is 2. The van der Waals surface area contributed by atoms with Crippen molar-refractivity contribution in [3.8, 4) is 17.0 Å². The maximum atomic E-state index is 12.8. The summed E-state index contributed by atoms with van der Waals surface area (Å²) in [6, 6.07) is 11.5. The van der Waals surface area contributed by atoms with Gasteiger partial charge >= 0.3 is 5.97 Å². The molecule has 0 spiro atoms. The van der Waals surface area contributed by atoms with Gasteiger partial charge in [0.1, 0.15) is 23.2 Å². The highest BCUT2D eigenvalue weighted by molar-refractivity contribution is 6.02. The van der Waals surface area contributed by atoms with Crippen LogP contribution < -0.4 is 10.9 Å². The summed E-state index contributed by atoms with van der Waals surface area (Å²) in [5.41, 5.74) is 1.32. The van der Waals surface area contributed by atoms with Crippen LogP contribution in [-0.4, -0.2) is 38.7 Å². The molecular formula is C26H31N3O5. The molecule has 1 amide bonds. The SMILES string of the molecule is CCCCc1ccc(-c2ccc3c(n2)c(O)c(C(=O)NCC(=O)OC(C)(C)C)c(=O)n3C)cc1. The molecule has 0 saturated heterocycles. The standard InChI is InChI=1S/C26H31N3O5/c1-6-7-8-16-9-11-17(12-10-16)18-13-14-19-22(28-18)23(31)21(25(33)29(19)5)24(32)27-15-20(30)34-26(2,3)4/h9-14,31H,6-8,15H2,1-5H3,(H,27,32). The summed E-state index contributed by atoms with van der Waals surface area (Å²) in [6.07, 6.45) is 3.25. The van der Waals surface area contributed by atoms with Crippen LogP contribution in [0.15, 0.2) is 41.2 Å². The highest BCUT2D eigenvalue weighted by atomic mass is 16.6. The Morgan fingerprint density at radius 1 is 1.12 bits per heavy atom. The molecule has 1 aromatic carbocycles. The topological polar surface area (TPSA) is 111 Å². The molecule has 0 radical (unpaired) electrons. The molecule has 8 nitrogen and oxygen atoms in total. The molecule has 0 aliphatic carbocycles. The second kappa shape index (κ2) is 10.1. The molecule has 180 valence electrons. The van der Waals surface area contributed by atoms with Gasteiger partial charge in [0.15, 0.2) is 5.75 Å². The van der Waals surface area contributed by atoms with E-state index in [9.17, 15) is 19.5 Å². The van der Waals surface area contributed by atoms with E-state index in [2.05, 4.69) is 17.2 Å². The van der Waals surface area contributed by atoms with Crippen LogP contribution in [0.3, 0.4) is 0 Å². The molecule has 0 aliphatic rings. The average molecular weight is 466 g/mol. The van der Waals surface area contributed by atoms with Gasteiger partial charge in [0.05, 0.1) is 11.2 Å². The van der Waals surface area contributed by atoms with E-state index in [0.29, 0.717) is 11.2 Å². The van der Waals surface area contributed by atoms with Crippen molar-refractivity contribution in [1.82, 2.24) is 14.9 Å². The largest absolute Gasteiger partial charge is 0.505 e. The van der Waals surface area contributed by atoms with Gasteiger partial charge in [-0.25, -0.2) is 4.98 Å². The monoisotopic (exact) mass is 465 g/mol. The zero-order valence-electron chi connectivity index (χ0n) is 20.3. The summed E-state index contributed by atoms with van der Waals surface area (Å²) < 4.78 is 6.41. The summed E-state index contributed by atoms with van der Waals surface area (Å²) in [5.74, 6) is -2.06. The van der Waals surface area contributed by atoms with Crippen LogP contribution in [0.2, 0.25) is 0 Å². The van der Waals surface area contributed by atoms with Gasteiger partial charge in [-0.1, -0.05) is 37.6 Å². The molecular weight excluding hydrogens is 434 g/mol. The molecule has 2 N–H and O–H groups in total. The molecule has 3 aromatic rings. The van der Waals surface area contributed by atoms with Gasteiger partial charge in [-0.3, -0.25) is 14.4 Å². The van der Waals surface area contributed by atoms with Gasteiger partial charge in [0.25, 0.3) is 11.5 Å². The van der Waals surface area contributed by atoms with E-state index in [1.807, 2.05) is 24.3 Å². The first kappa shape index (κ1) is 25.0. The van der Waals surface area contributed by atoms with E-state index < -0.39 is 40.9 Å². The maximum absolute atomic E-state index is 12.8. The number of aromatic nitrogens is 2. The fourth-order valence-electron chi connectivity index (χ4n) is 3.60. The third-order valence-electron chi connectivity index (χ3n) is 5.32. The molecule has 3 rings (SSSR count). The first-order chi connectivity index (χ1) is 16.0. The lowest BCUT2D eigenvalue weighted by molar-refractivity contribution is -0.153. The molecule has 0 bridgehead atoms.